The summed E-state index contributed by atoms with van der Waals surface area (Å²) in [6, 6.07) is 9.53. The Kier molecular flexibility index (Phi) is 21.6. The number of primary amides is 1. The van der Waals surface area contributed by atoms with Crippen molar-refractivity contribution in [2.24, 2.45) is 22.2 Å². The highest BCUT2D eigenvalue weighted by atomic mass is 32.1. The number of aromatic hydroxyl groups is 1. The molecule has 19 N–H and O–H groups in total. The second-order valence-corrected chi connectivity index (χ2v) is 22.0. The molecule has 0 bridgehead atoms. The summed E-state index contributed by atoms with van der Waals surface area (Å²) >= 11 is 8.85. The summed E-state index contributed by atoms with van der Waals surface area (Å²) < 4.78 is -1.35. The van der Waals surface area contributed by atoms with Crippen LogP contribution in [0.25, 0.3) is 21.8 Å². The van der Waals surface area contributed by atoms with E-state index in [1.807, 2.05) is 24.3 Å². The van der Waals surface area contributed by atoms with Crippen LogP contribution in [0.4, 0.5) is 0 Å². The highest BCUT2D eigenvalue weighted by Gasteiger charge is 2.40. The van der Waals surface area contributed by atoms with Gasteiger partial charge in [0, 0.05) is 70.1 Å². The molecular formula is C54H72N14O11S2. The SMILES string of the molecule is C[C@@H](O)[C@H](NC(=O)[C@@H](NC(=O)[C@@H](NC(=O)[C@H](CCCN=C(N)N)NC(=O)[C@@H](Cc1c[nH]c2ccccc12)NC(=O)[C@H](Cc1ccc(O)cc1)NC(=O)[C@H](CS)NC(=O)[C@H]1Cc2c([nH]c3ccccc23)CN1)[C@@H](C)O)C(C)(C)S)C(N)=O. The number of benzene rings is 3. The Morgan fingerprint density at radius 1 is 0.691 bits per heavy atom. The van der Waals surface area contributed by atoms with E-state index in [9.17, 15) is 53.7 Å². The minimum Gasteiger partial charge on any atom is -0.508 e. The molecule has 0 fully saturated rings. The molecule has 0 aliphatic carbocycles. The topological polar surface area (TPSA) is 415 Å². The minimum absolute atomic E-state index is 0.0149. The molecule has 0 saturated heterocycles. The van der Waals surface area contributed by atoms with Gasteiger partial charge >= 0.3 is 0 Å². The number of aromatic nitrogens is 2. The van der Waals surface area contributed by atoms with Crippen molar-refractivity contribution in [3.8, 4) is 5.75 Å². The Morgan fingerprint density at radius 3 is 1.86 bits per heavy atom. The van der Waals surface area contributed by atoms with E-state index < -0.39 is 113 Å². The van der Waals surface area contributed by atoms with Crippen LogP contribution in [0.2, 0.25) is 0 Å². The van der Waals surface area contributed by atoms with Gasteiger partial charge in [-0.05, 0) is 87.9 Å². The van der Waals surface area contributed by atoms with E-state index in [0.717, 1.165) is 22.2 Å². The zero-order valence-electron chi connectivity index (χ0n) is 45.1. The number of guanidine groups is 1. The molecule has 436 valence electrons. The van der Waals surface area contributed by atoms with Crippen LogP contribution >= 0.6 is 25.3 Å². The Bertz CT molecular complexity index is 3100. The largest absolute Gasteiger partial charge is 0.508 e. The highest BCUT2D eigenvalue weighted by Crippen LogP contribution is 2.27. The number of H-pyrrole nitrogens is 2. The number of aromatic amines is 2. The van der Waals surface area contributed by atoms with Crippen LogP contribution in [0.15, 0.2) is 84.0 Å². The van der Waals surface area contributed by atoms with Crippen LogP contribution in [-0.2, 0) is 64.2 Å². The minimum atomic E-state index is -1.78. The summed E-state index contributed by atoms with van der Waals surface area (Å²) in [7, 11) is 0. The van der Waals surface area contributed by atoms with Crippen molar-refractivity contribution in [2.45, 2.75) is 132 Å². The molecule has 27 heteroatoms. The predicted molar refractivity (Wildman–Crippen MR) is 309 cm³/mol. The first-order chi connectivity index (χ1) is 38.3. The number of para-hydroxylation sites is 2. The third-order valence-corrected chi connectivity index (χ3v) is 14.3. The molecular weight excluding hydrogens is 1080 g/mol. The number of nitrogens with zero attached hydrogens (tertiary/aromatic N) is 1. The van der Waals surface area contributed by atoms with Gasteiger partial charge in [0.05, 0.1) is 18.2 Å². The van der Waals surface area contributed by atoms with Crippen molar-refractivity contribution in [3.63, 3.8) is 0 Å². The molecule has 1 aliphatic heterocycles. The van der Waals surface area contributed by atoms with Crippen LogP contribution in [0, 0.1) is 0 Å². The molecule has 0 saturated carbocycles. The first-order valence-corrected chi connectivity index (χ1v) is 27.2. The lowest BCUT2D eigenvalue weighted by Crippen LogP contribution is -2.64. The van der Waals surface area contributed by atoms with E-state index in [1.54, 1.807) is 42.6 Å². The lowest BCUT2D eigenvalue weighted by Gasteiger charge is -2.33. The maximum Gasteiger partial charge on any atom is 0.245 e. The normalized spacial score (nSPS) is 16.6. The summed E-state index contributed by atoms with van der Waals surface area (Å²) in [6.45, 7) is 5.69. The molecule has 6 rings (SSSR count). The molecule has 3 aromatic carbocycles. The maximum absolute atomic E-state index is 14.9. The summed E-state index contributed by atoms with van der Waals surface area (Å²) in [5, 5.41) is 54.2. The summed E-state index contributed by atoms with van der Waals surface area (Å²) in [5.41, 5.74) is 21.1. The van der Waals surface area contributed by atoms with Crippen molar-refractivity contribution < 1.29 is 53.7 Å². The molecule has 10 atom stereocenters. The van der Waals surface area contributed by atoms with Gasteiger partial charge in [-0.1, -0.05) is 48.5 Å². The number of hydrogen-bond donors (Lipinski definition) is 18. The van der Waals surface area contributed by atoms with Crippen LogP contribution in [0.5, 0.6) is 5.75 Å². The van der Waals surface area contributed by atoms with Crippen LogP contribution in [0.3, 0.4) is 0 Å². The molecule has 0 radical (unpaired) electrons. The first kappa shape index (κ1) is 62.3. The van der Waals surface area contributed by atoms with Crippen LogP contribution in [-0.4, -0.2) is 156 Å². The number of aliphatic hydroxyl groups excluding tert-OH is 2. The van der Waals surface area contributed by atoms with Crippen molar-refractivity contribution in [3.05, 3.63) is 101 Å². The molecule has 25 nitrogen and oxygen atoms in total. The van der Waals surface area contributed by atoms with E-state index >= 15 is 0 Å². The van der Waals surface area contributed by atoms with Gasteiger partial charge in [-0.2, -0.15) is 25.3 Å². The number of phenols is 1. The number of nitrogens with two attached hydrogens (primary N) is 3. The maximum atomic E-state index is 14.9. The predicted octanol–water partition coefficient (Wildman–Crippen LogP) is -1.81. The Hall–Kier alpha value is -7.85. The summed E-state index contributed by atoms with van der Waals surface area (Å²) in [6.07, 6.45) is -1.52. The average molecular weight is 1160 g/mol. The van der Waals surface area contributed by atoms with Gasteiger partial charge in [-0.3, -0.25) is 48.7 Å². The molecule has 2 aromatic heterocycles. The zero-order valence-corrected chi connectivity index (χ0v) is 46.9. The number of amides is 8. The van der Waals surface area contributed by atoms with Gasteiger partial charge in [-0.15, -0.1) is 0 Å². The number of phenolic OH excluding ortho intramolecular Hbond substituents is 1. The van der Waals surface area contributed by atoms with Gasteiger partial charge in [0.25, 0.3) is 0 Å². The Balaban J connectivity index is 1.26. The molecule has 1 aliphatic rings. The number of fused-ring (bicyclic) bond motifs is 4. The number of aliphatic hydroxyl groups is 2. The van der Waals surface area contributed by atoms with Crippen molar-refractivity contribution in [1.82, 2.24) is 52.5 Å². The quantitative estimate of drug-likeness (QED) is 0.0119. The van der Waals surface area contributed by atoms with Crippen LogP contribution < -0.4 is 59.7 Å². The number of carbonyl (C=O) groups is 8. The highest BCUT2D eigenvalue weighted by molar-refractivity contribution is 7.81. The van der Waals surface area contributed by atoms with Gasteiger partial charge in [0.1, 0.15) is 48.0 Å². The fraction of sp³-hybridized carbons (Fsp3) is 0.426. The number of carbonyl (C=O) groups excluding carboxylic acids is 8. The molecule has 0 spiro atoms. The molecule has 0 unspecified atom stereocenters. The second kappa shape index (κ2) is 28.0. The molecule has 81 heavy (non-hydrogen) atoms. The number of nitrogens with one attached hydrogen (secondary N) is 10. The number of thiol groups is 2. The van der Waals surface area contributed by atoms with Gasteiger partial charge in [-0.25, -0.2) is 0 Å². The zero-order chi connectivity index (χ0) is 59.3. The Morgan fingerprint density at radius 2 is 1.26 bits per heavy atom. The fourth-order valence-corrected chi connectivity index (χ4v) is 9.75. The van der Waals surface area contributed by atoms with Crippen molar-refractivity contribution in [2.75, 3.05) is 12.3 Å². The van der Waals surface area contributed by atoms with E-state index in [-0.39, 0.29) is 49.7 Å². The second-order valence-electron chi connectivity index (χ2n) is 20.5. The number of aliphatic imine (C=N–C) groups is 1. The van der Waals surface area contributed by atoms with Crippen LogP contribution in [0.1, 0.15) is 62.9 Å². The third kappa shape index (κ3) is 16.9. The van der Waals surface area contributed by atoms with E-state index in [0.29, 0.717) is 35.0 Å². The standard InChI is InChI=1S/C54H72N14O11S2/c1-26(69)42(45(55)72)66-52(79)44(54(3,4)81)68-51(78)43(27(2)70)67-46(73)36(14-9-19-58-53(56)57)62-49(76)39(21-29-23-59-34-12-7-5-10-31(29)34)64-48(75)38(20-28-15-17-30(71)18-16-28)63-50(77)41(25-80)65-47(74)37-22-33-32-11-6-8-13-35(32)61-40(33)24-60-37/h5-8,10-13,15-18,23,26-27,36-39,41-44,59-61,69-71,80-81H,9,14,19-22,24-25H2,1-4H3,(H2,55,72)(H,62,76)(H,63,77)(H,64,75)(H,65,74)(H,66,79)(H,67,73)(H,68,78)(H4,56,57,58)/t26-,27-,36+,37-,38+,39-,41+,42+,43+,44-/m1/s1. The summed E-state index contributed by atoms with van der Waals surface area (Å²) in [5.74, 6) is -7.62. The molecule has 8 amide bonds. The van der Waals surface area contributed by atoms with E-state index in [2.05, 4.69) is 82.8 Å². The van der Waals surface area contributed by atoms with E-state index in [4.69, 9.17) is 17.2 Å². The van der Waals surface area contributed by atoms with Crippen molar-refractivity contribution in [1.29, 1.82) is 0 Å². The van der Waals surface area contributed by atoms with E-state index in [1.165, 1.54) is 39.8 Å². The first-order valence-electron chi connectivity index (χ1n) is 26.2. The smallest absolute Gasteiger partial charge is 0.245 e. The lowest BCUT2D eigenvalue weighted by atomic mass is 9.98. The number of rotatable bonds is 27. The van der Waals surface area contributed by atoms with Crippen molar-refractivity contribution >= 4 is 100 Å². The Labute approximate surface area is 477 Å². The van der Waals surface area contributed by atoms with Gasteiger partial charge in [0.15, 0.2) is 5.96 Å². The third-order valence-electron chi connectivity index (χ3n) is 13.7. The van der Waals surface area contributed by atoms with Gasteiger partial charge in [0.2, 0.25) is 47.3 Å². The van der Waals surface area contributed by atoms with Gasteiger partial charge < -0.3 is 79.7 Å². The monoisotopic (exact) mass is 1160 g/mol. The lowest BCUT2D eigenvalue weighted by molar-refractivity contribution is -0.137. The molecule has 3 heterocycles. The fourth-order valence-electron chi connectivity index (χ4n) is 9.31. The molecule has 5 aromatic rings. The summed E-state index contributed by atoms with van der Waals surface area (Å²) in [4.78, 5) is 122. The number of hydrogen-bond acceptors (Lipinski definition) is 15. The average Bonchev–Trinajstić information content (AvgIpc) is 4.16.